The maximum atomic E-state index is 14.3. The third-order valence-corrected chi connectivity index (χ3v) is 19.3. The lowest BCUT2D eigenvalue weighted by molar-refractivity contribution is 0.112. The molecule has 0 fully saturated rings. The Hall–Kier alpha value is -3.68. The van der Waals surface area contributed by atoms with Crippen LogP contribution in [0.2, 0.25) is 36.3 Å². The summed E-state index contributed by atoms with van der Waals surface area (Å²) >= 11 is 0. The van der Waals surface area contributed by atoms with Crippen molar-refractivity contribution in [3.63, 3.8) is 0 Å². The van der Waals surface area contributed by atoms with Crippen molar-refractivity contribution in [3.05, 3.63) is 107 Å². The van der Waals surface area contributed by atoms with Crippen LogP contribution in [0.5, 0.6) is 11.5 Å². The van der Waals surface area contributed by atoms with Crippen LogP contribution in [0.15, 0.2) is 72.8 Å². The van der Waals surface area contributed by atoms with Gasteiger partial charge >= 0.3 is 0 Å². The molecule has 0 unspecified atom stereocenters. The van der Waals surface area contributed by atoms with Gasteiger partial charge in [-0.2, -0.15) is 0 Å². The van der Waals surface area contributed by atoms with Crippen LogP contribution in [0.3, 0.4) is 0 Å². The van der Waals surface area contributed by atoms with Crippen molar-refractivity contribution in [1.82, 2.24) is 0 Å². The van der Waals surface area contributed by atoms with E-state index in [2.05, 4.69) is 67.7 Å². The maximum Gasteiger partial charge on any atom is 0.192 e. The van der Waals surface area contributed by atoms with Gasteiger partial charge < -0.3 is 23.4 Å². The number of aldehydes is 1. The van der Waals surface area contributed by atoms with Gasteiger partial charge in [-0.25, -0.2) is 8.78 Å². The van der Waals surface area contributed by atoms with Crippen LogP contribution in [0.1, 0.15) is 68.6 Å². The van der Waals surface area contributed by atoms with Gasteiger partial charge in [-0.1, -0.05) is 71.9 Å². The van der Waals surface area contributed by atoms with Crippen LogP contribution >= 0.6 is 0 Å². The molecule has 0 saturated heterocycles. The summed E-state index contributed by atoms with van der Waals surface area (Å²) in [5.41, 5.74) is 4.98. The number of carbonyl (C=O) groups is 1. The molecule has 0 bridgehead atoms. The zero-order valence-electron chi connectivity index (χ0n) is 32.9. The monoisotopic (exact) mass is 750 g/mol. The molecule has 52 heavy (non-hydrogen) atoms. The molecule has 0 saturated carbocycles. The number of rotatable bonds is 12. The fraction of sp³-hybridized carbons (Fsp3) is 0.405. The average Bonchev–Trinajstić information content (AvgIpc) is 3.09. The van der Waals surface area contributed by atoms with E-state index in [4.69, 9.17) is 18.3 Å². The molecular formula is C42H56F2O6Si2. The third kappa shape index (κ3) is 10.7. The highest BCUT2D eigenvalue weighted by Gasteiger charge is 2.38. The van der Waals surface area contributed by atoms with E-state index in [0.717, 1.165) is 17.4 Å². The molecule has 0 aliphatic heterocycles. The van der Waals surface area contributed by atoms with E-state index in [1.807, 2.05) is 24.3 Å². The topological polar surface area (TPSA) is 74.2 Å². The summed E-state index contributed by atoms with van der Waals surface area (Å²) in [4.78, 5) is 11.6. The summed E-state index contributed by atoms with van der Waals surface area (Å²) in [5.74, 6) is 0.393. The molecule has 0 aliphatic carbocycles. The largest absolute Gasteiger partial charge is 0.497 e. The molecule has 10 heteroatoms. The van der Waals surface area contributed by atoms with Crippen molar-refractivity contribution in [1.29, 1.82) is 0 Å². The molecule has 0 heterocycles. The number of aliphatic hydroxyl groups excluding tert-OH is 1. The first-order valence-corrected chi connectivity index (χ1v) is 23.3. The summed E-state index contributed by atoms with van der Waals surface area (Å²) in [6, 6.07) is 20.2. The van der Waals surface area contributed by atoms with E-state index >= 15 is 0 Å². The van der Waals surface area contributed by atoms with Crippen LogP contribution < -0.4 is 9.47 Å². The minimum Gasteiger partial charge on any atom is -0.497 e. The maximum absolute atomic E-state index is 14.3. The van der Waals surface area contributed by atoms with Crippen LogP contribution in [0.4, 0.5) is 8.78 Å². The number of halogens is 2. The number of carbonyl (C=O) groups excluding carboxylic acids is 1. The van der Waals surface area contributed by atoms with Crippen molar-refractivity contribution >= 4 is 22.9 Å². The minimum atomic E-state index is -1.88. The van der Waals surface area contributed by atoms with Crippen molar-refractivity contribution in [2.75, 3.05) is 14.2 Å². The van der Waals surface area contributed by atoms with Gasteiger partial charge in [-0.3, -0.25) is 4.79 Å². The number of benzene rings is 4. The summed E-state index contributed by atoms with van der Waals surface area (Å²) in [6.07, 6.45) is 0.754. The first kappa shape index (κ1) is 42.7. The fourth-order valence-corrected chi connectivity index (χ4v) is 6.73. The van der Waals surface area contributed by atoms with E-state index in [9.17, 15) is 18.7 Å². The average molecular weight is 751 g/mol. The molecule has 0 spiro atoms. The molecule has 4 aromatic carbocycles. The van der Waals surface area contributed by atoms with Gasteiger partial charge in [0.2, 0.25) is 0 Å². The zero-order chi connectivity index (χ0) is 39.1. The Labute approximate surface area is 311 Å². The number of aliphatic hydroxyl groups is 1. The smallest absolute Gasteiger partial charge is 0.192 e. The first-order valence-electron chi connectivity index (χ1n) is 17.4. The van der Waals surface area contributed by atoms with Gasteiger partial charge in [-0.15, -0.1) is 0 Å². The standard InChI is InChI=1S/C21H29FO3Si.C21H27FO3Si/c2*1-21(2,3)26(5,6)25-14-15-7-9-18(16(11-15)13-23)19-12-17(24-4)8-10-20(19)22/h7-12,23H,13-14H2,1-6H3;7-13H,14H2,1-6H3. The second-order valence-electron chi connectivity index (χ2n) is 16.0. The van der Waals surface area contributed by atoms with Crippen LogP contribution in [-0.4, -0.2) is 42.2 Å². The molecule has 0 atom stereocenters. The van der Waals surface area contributed by atoms with E-state index < -0.39 is 16.6 Å². The lowest BCUT2D eigenvalue weighted by Crippen LogP contribution is -2.40. The van der Waals surface area contributed by atoms with Crippen LogP contribution in [0, 0.1) is 11.6 Å². The van der Waals surface area contributed by atoms with Gasteiger partial charge in [-0.05, 0) is 107 Å². The molecule has 282 valence electrons. The summed E-state index contributed by atoms with van der Waals surface area (Å²) in [5, 5.41) is 10.0. The highest BCUT2D eigenvalue weighted by Crippen LogP contribution is 2.39. The first-order chi connectivity index (χ1) is 24.2. The molecule has 1 N–H and O–H groups in total. The highest BCUT2D eigenvalue weighted by atomic mass is 28.4. The third-order valence-electron chi connectivity index (χ3n) is 10.3. The van der Waals surface area contributed by atoms with E-state index in [1.165, 1.54) is 19.2 Å². The van der Waals surface area contributed by atoms with E-state index in [0.29, 0.717) is 58.1 Å². The predicted molar refractivity (Wildman–Crippen MR) is 212 cm³/mol. The molecule has 6 nitrogen and oxygen atoms in total. The van der Waals surface area contributed by atoms with Gasteiger partial charge in [0.25, 0.3) is 0 Å². The molecule has 0 radical (unpaired) electrons. The SMILES string of the molecule is COc1ccc(F)c(-c2ccc(CO[Si](C)(C)C(C)(C)C)cc2C=O)c1.COc1ccc(F)c(-c2ccc(CO[Si](C)(C)C(C)(C)C)cc2CO)c1. The summed E-state index contributed by atoms with van der Waals surface area (Å²) in [7, 11) is -0.658. The quantitative estimate of drug-likeness (QED) is 0.115. The Morgan fingerprint density at radius 2 is 1.04 bits per heavy atom. The lowest BCUT2D eigenvalue weighted by atomic mass is 9.97. The van der Waals surface area contributed by atoms with Crippen LogP contribution in [-0.2, 0) is 28.7 Å². The molecule has 0 aromatic heterocycles. The normalized spacial score (nSPS) is 12.2. The lowest BCUT2D eigenvalue weighted by Gasteiger charge is -2.36. The van der Waals surface area contributed by atoms with E-state index in [-0.39, 0.29) is 28.3 Å². The van der Waals surface area contributed by atoms with Crippen molar-refractivity contribution in [2.24, 2.45) is 0 Å². The Morgan fingerprint density at radius 1 is 0.615 bits per heavy atom. The number of hydrogen-bond acceptors (Lipinski definition) is 6. The van der Waals surface area contributed by atoms with Gasteiger partial charge in [0.05, 0.1) is 34.0 Å². The molecule has 0 aliphatic rings. The number of hydrogen-bond donors (Lipinski definition) is 1. The Kier molecular flexibility index (Phi) is 14.3. The Balaban J connectivity index is 0.000000280. The highest BCUT2D eigenvalue weighted by molar-refractivity contribution is 6.74. The van der Waals surface area contributed by atoms with Crippen molar-refractivity contribution in [2.45, 2.75) is 97.6 Å². The molecule has 4 aromatic rings. The van der Waals surface area contributed by atoms with Crippen molar-refractivity contribution < 1.29 is 37.0 Å². The second kappa shape index (κ2) is 17.4. The molecular weight excluding hydrogens is 695 g/mol. The summed E-state index contributed by atoms with van der Waals surface area (Å²) in [6.45, 7) is 22.7. The van der Waals surface area contributed by atoms with E-state index in [1.54, 1.807) is 43.5 Å². The summed E-state index contributed by atoms with van der Waals surface area (Å²) < 4.78 is 51.4. The molecule has 4 rings (SSSR count). The molecule has 0 amide bonds. The zero-order valence-corrected chi connectivity index (χ0v) is 34.9. The Bertz CT molecular complexity index is 1830. The van der Waals surface area contributed by atoms with Gasteiger partial charge in [0.15, 0.2) is 22.9 Å². The Morgan fingerprint density at radius 3 is 1.44 bits per heavy atom. The van der Waals surface area contributed by atoms with Crippen molar-refractivity contribution in [3.8, 4) is 33.8 Å². The van der Waals surface area contributed by atoms with Gasteiger partial charge in [0.1, 0.15) is 23.1 Å². The minimum absolute atomic E-state index is 0.115. The number of ether oxygens (including phenoxy) is 2. The predicted octanol–water partition coefficient (Wildman–Crippen LogP) is 11.4. The van der Waals surface area contributed by atoms with Gasteiger partial charge in [0, 0.05) is 16.7 Å². The second-order valence-corrected chi connectivity index (χ2v) is 25.6. The fourth-order valence-electron chi connectivity index (χ4n) is 4.81. The number of methoxy groups -OCH3 is 2. The van der Waals surface area contributed by atoms with Crippen LogP contribution in [0.25, 0.3) is 22.3 Å².